The zero-order chi connectivity index (χ0) is 17.3. The van der Waals surface area contributed by atoms with Crippen LogP contribution < -0.4 is 5.32 Å². The SMILES string of the molecule is CNc1nc2ccccc2n1C1CCN(C2(C)CCCCCC2)CC1. The lowest BCUT2D eigenvalue weighted by molar-refractivity contribution is 0.0530. The van der Waals surface area contributed by atoms with Crippen molar-refractivity contribution in [3.63, 3.8) is 0 Å². The highest BCUT2D eigenvalue weighted by molar-refractivity contribution is 5.78. The summed E-state index contributed by atoms with van der Waals surface area (Å²) in [6, 6.07) is 9.09. The van der Waals surface area contributed by atoms with Crippen LogP contribution in [0.15, 0.2) is 24.3 Å². The number of rotatable bonds is 3. The van der Waals surface area contributed by atoms with E-state index in [0.29, 0.717) is 11.6 Å². The zero-order valence-electron chi connectivity index (χ0n) is 15.8. The second kappa shape index (κ2) is 6.99. The van der Waals surface area contributed by atoms with Gasteiger partial charge in [0, 0.05) is 31.7 Å². The van der Waals surface area contributed by atoms with Gasteiger partial charge < -0.3 is 9.88 Å². The molecule has 2 heterocycles. The number of imidazole rings is 1. The molecule has 2 fully saturated rings. The Labute approximate surface area is 151 Å². The fourth-order valence-electron chi connectivity index (χ4n) is 5.06. The van der Waals surface area contributed by atoms with Crippen LogP contribution in [0.5, 0.6) is 0 Å². The smallest absolute Gasteiger partial charge is 0.203 e. The van der Waals surface area contributed by atoms with E-state index in [9.17, 15) is 0 Å². The summed E-state index contributed by atoms with van der Waals surface area (Å²) in [5.74, 6) is 1.01. The van der Waals surface area contributed by atoms with Gasteiger partial charge in [-0.2, -0.15) is 0 Å². The first kappa shape index (κ1) is 16.9. The van der Waals surface area contributed by atoms with Crippen LogP contribution in [0.4, 0.5) is 5.95 Å². The van der Waals surface area contributed by atoms with Crippen LogP contribution in [0.25, 0.3) is 11.0 Å². The van der Waals surface area contributed by atoms with Crippen LogP contribution >= 0.6 is 0 Å². The second-order valence-corrected chi connectivity index (χ2v) is 8.17. The molecule has 1 saturated heterocycles. The van der Waals surface area contributed by atoms with E-state index in [2.05, 4.69) is 46.0 Å². The van der Waals surface area contributed by atoms with Crippen molar-refractivity contribution in [3.8, 4) is 0 Å². The Bertz CT molecular complexity index is 704. The highest BCUT2D eigenvalue weighted by Crippen LogP contribution is 2.37. The number of para-hydroxylation sites is 2. The van der Waals surface area contributed by atoms with Gasteiger partial charge in [-0.15, -0.1) is 0 Å². The molecule has 2 aliphatic rings. The number of likely N-dealkylation sites (tertiary alicyclic amines) is 1. The summed E-state index contributed by atoms with van der Waals surface area (Å²) >= 11 is 0. The molecule has 1 N–H and O–H groups in total. The molecule has 0 radical (unpaired) electrons. The van der Waals surface area contributed by atoms with Gasteiger partial charge in [0.05, 0.1) is 11.0 Å². The van der Waals surface area contributed by atoms with Gasteiger partial charge in [0.25, 0.3) is 0 Å². The molecule has 0 unspecified atom stereocenters. The number of fused-ring (bicyclic) bond motifs is 1. The van der Waals surface area contributed by atoms with Crippen LogP contribution in [0.2, 0.25) is 0 Å². The van der Waals surface area contributed by atoms with E-state index >= 15 is 0 Å². The molecule has 0 spiro atoms. The van der Waals surface area contributed by atoms with Crippen molar-refractivity contribution in [2.24, 2.45) is 0 Å². The summed E-state index contributed by atoms with van der Waals surface area (Å²) in [6.07, 6.45) is 10.9. The van der Waals surface area contributed by atoms with Crippen LogP contribution in [0.3, 0.4) is 0 Å². The summed E-state index contributed by atoms with van der Waals surface area (Å²) in [6.45, 7) is 4.96. The van der Waals surface area contributed by atoms with E-state index in [0.717, 1.165) is 11.5 Å². The summed E-state index contributed by atoms with van der Waals surface area (Å²) < 4.78 is 2.45. The lowest BCUT2D eigenvalue weighted by atomic mass is 9.87. The minimum atomic E-state index is 0.435. The van der Waals surface area contributed by atoms with E-state index in [1.807, 2.05) is 7.05 Å². The molecule has 1 saturated carbocycles. The Morgan fingerprint density at radius 3 is 2.40 bits per heavy atom. The number of hydrogen-bond donors (Lipinski definition) is 1. The Morgan fingerprint density at radius 2 is 1.72 bits per heavy atom. The van der Waals surface area contributed by atoms with Crippen molar-refractivity contribution < 1.29 is 0 Å². The van der Waals surface area contributed by atoms with Crippen molar-refractivity contribution in [3.05, 3.63) is 24.3 Å². The minimum Gasteiger partial charge on any atom is -0.359 e. The Morgan fingerprint density at radius 1 is 1.04 bits per heavy atom. The standard InChI is InChI=1S/C21H32N4/c1-21(13-7-3-4-8-14-21)24-15-11-17(12-16-24)25-19-10-6-5-9-18(19)23-20(25)22-2/h5-6,9-10,17H,3-4,7-8,11-16H2,1-2H3,(H,22,23). The molecule has 0 amide bonds. The molecule has 0 atom stereocenters. The first-order valence-corrected chi connectivity index (χ1v) is 10.1. The fourth-order valence-corrected chi connectivity index (χ4v) is 5.06. The maximum atomic E-state index is 4.78. The zero-order valence-corrected chi connectivity index (χ0v) is 15.8. The number of anilines is 1. The van der Waals surface area contributed by atoms with Gasteiger partial charge >= 0.3 is 0 Å². The fraction of sp³-hybridized carbons (Fsp3) is 0.667. The molecule has 25 heavy (non-hydrogen) atoms. The van der Waals surface area contributed by atoms with Gasteiger partial charge in [-0.05, 0) is 44.7 Å². The Hall–Kier alpha value is -1.55. The average molecular weight is 341 g/mol. The minimum absolute atomic E-state index is 0.435. The number of benzene rings is 1. The molecule has 0 bridgehead atoms. The molecule has 1 aliphatic carbocycles. The van der Waals surface area contributed by atoms with Crippen LogP contribution in [-0.2, 0) is 0 Å². The lowest BCUT2D eigenvalue weighted by Gasteiger charge is -2.45. The first-order chi connectivity index (χ1) is 12.2. The van der Waals surface area contributed by atoms with E-state index in [1.165, 1.54) is 70.0 Å². The van der Waals surface area contributed by atoms with E-state index < -0.39 is 0 Å². The summed E-state index contributed by atoms with van der Waals surface area (Å²) in [5.41, 5.74) is 2.81. The largest absolute Gasteiger partial charge is 0.359 e. The molecule has 1 aliphatic heterocycles. The number of nitrogens with zero attached hydrogens (tertiary/aromatic N) is 3. The molecular formula is C21H32N4. The van der Waals surface area contributed by atoms with Crippen molar-refractivity contribution in [2.45, 2.75) is 69.9 Å². The van der Waals surface area contributed by atoms with Gasteiger partial charge in [0.15, 0.2) is 0 Å². The lowest BCUT2D eigenvalue weighted by Crippen LogP contribution is -2.50. The Kier molecular flexibility index (Phi) is 4.72. The van der Waals surface area contributed by atoms with Gasteiger partial charge in [-0.3, -0.25) is 4.90 Å². The summed E-state index contributed by atoms with van der Waals surface area (Å²) in [4.78, 5) is 7.58. The topological polar surface area (TPSA) is 33.1 Å². The monoisotopic (exact) mass is 340 g/mol. The van der Waals surface area contributed by atoms with E-state index in [1.54, 1.807) is 0 Å². The molecular weight excluding hydrogens is 308 g/mol. The van der Waals surface area contributed by atoms with Crippen molar-refractivity contribution in [1.29, 1.82) is 0 Å². The molecule has 2 aromatic rings. The number of hydrogen-bond acceptors (Lipinski definition) is 3. The van der Waals surface area contributed by atoms with E-state index in [4.69, 9.17) is 4.98 Å². The molecule has 4 nitrogen and oxygen atoms in total. The van der Waals surface area contributed by atoms with Gasteiger partial charge in [-0.25, -0.2) is 4.98 Å². The third kappa shape index (κ3) is 3.17. The predicted molar refractivity (Wildman–Crippen MR) is 105 cm³/mol. The predicted octanol–water partition coefficient (Wildman–Crippen LogP) is 4.83. The number of nitrogens with one attached hydrogen (secondary N) is 1. The van der Waals surface area contributed by atoms with Gasteiger partial charge in [0.2, 0.25) is 5.95 Å². The molecule has 4 rings (SSSR count). The maximum absolute atomic E-state index is 4.78. The maximum Gasteiger partial charge on any atom is 0.203 e. The van der Waals surface area contributed by atoms with Crippen LogP contribution in [0.1, 0.15) is 64.3 Å². The van der Waals surface area contributed by atoms with Crippen molar-refractivity contribution >= 4 is 17.0 Å². The van der Waals surface area contributed by atoms with Crippen molar-refractivity contribution in [2.75, 3.05) is 25.5 Å². The number of aromatic nitrogens is 2. The quantitative estimate of drug-likeness (QED) is 0.813. The third-order valence-electron chi connectivity index (χ3n) is 6.59. The second-order valence-electron chi connectivity index (χ2n) is 8.17. The van der Waals surface area contributed by atoms with E-state index in [-0.39, 0.29) is 0 Å². The molecule has 4 heteroatoms. The molecule has 1 aromatic heterocycles. The third-order valence-corrected chi connectivity index (χ3v) is 6.59. The van der Waals surface area contributed by atoms with Gasteiger partial charge in [0.1, 0.15) is 0 Å². The van der Waals surface area contributed by atoms with Gasteiger partial charge in [-0.1, -0.05) is 37.8 Å². The average Bonchev–Trinajstić information content (AvgIpc) is 2.88. The number of piperidine rings is 1. The van der Waals surface area contributed by atoms with Crippen LogP contribution in [-0.4, -0.2) is 40.1 Å². The Balaban J connectivity index is 1.52. The summed E-state index contributed by atoms with van der Waals surface area (Å²) in [5, 5.41) is 3.31. The first-order valence-electron chi connectivity index (χ1n) is 10.1. The highest BCUT2D eigenvalue weighted by atomic mass is 15.3. The molecule has 1 aromatic carbocycles. The summed E-state index contributed by atoms with van der Waals surface area (Å²) in [7, 11) is 1.99. The normalized spacial score (nSPS) is 22.8. The van der Waals surface area contributed by atoms with Crippen molar-refractivity contribution in [1.82, 2.24) is 14.5 Å². The molecule has 136 valence electrons. The van der Waals surface area contributed by atoms with Crippen LogP contribution in [0, 0.1) is 0 Å². The highest BCUT2D eigenvalue weighted by Gasteiger charge is 2.35.